The molecule has 34 heavy (non-hydrogen) atoms. The molecule has 2 N–H and O–H groups in total. The lowest BCUT2D eigenvalue weighted by molar-refractivity contribution is 0.101. The van der Waals surface area contributed by atoms with Gasteiger partial charge in [0.25, 0.3) is 11.8 Å². The normalized spacial score (nSPS) is 10.5. The lowest BCUT2D eigenvalue weighted by Crippen LogP contribution is -2.16. The van der Waals surface area contributed by atoms with Crippen molar-refractivity contribution in [3.05, 3.63) is 75.9 Å². The number of rotatable bonds is 9. The number of hydrogen-bond donors (Lipinski definition) is 2. The van der Waals surface area contributed by atoms with E-state index < -0.39 is 0 Å². The Hall–Kier alpha value is -3.69. The molecule has 0 saturated carbocycles. The minimum absolute atomic E-state index is 0.274. The number of aromatic nitrogens is 1. The van der Waals surface area contributed by atoms with Crippen LogP contribution >= 0.6 is 22.7 Å². The van der Waals surface area contributed by atoms with Gasteiger partial charge in [0.15, 0.2) is 0 Å². The van der Waals surface area contributed by atoms with Crippen LogP contribution in [0.5, 0.6) is 11.5 Å². The van der Waals surface area contributed by atoms with Gasteiger partial charge in [-0.3, -0.25) is 9.59 Å². The van der Waals surface area contributed by atoms with Crippen LogP contribution in [0.4, 0.5) is 11.4 Å². The maximum atomic E-state index is 12.9. The number of anilines is 2. The van der Waals surface area contributed by atoms with Gasteiger partial charge in [-0.2, -0.15) is 11.3 Å². The van der Waals surface area contributed by atoms with Gasteiger partial charge >= 0.3 is 0 Å². The molecule has 0 spiro atoms. The number of carbonyl (C=O) groups is 2. The Morgan fingerprint density at radius 2 is 1.53 bits per heavy atom. The largest absolute Gasteiger partial charge is 0.492 e. The maximum Gasteiger partial charge on any atom is 0.275 e. The molecule has 0 unspecified atom stereocenters. The van der Waals surface area contributed by atoms with Crippen molar-refractivity contribution in [3.8, 4) is 22.1 Å². The predicted octanol–water partition coefficient (Wildman–Crippen LogP) is 6.17. The standard InChI is InChI=1S/C25H23N3O4S2/c1-3-31-21-13-19(27-24(30)20-15-34-25(28-20)17-10-11-33-14-17)22(32-4-2)12-18(21)26-23(29)16-8-6-5-7-9-16/h5-15H,3-4H2,1-2H3,(H,26,29)(H,27,30). The van der Waals surface area contributed by atoms with Crippen molar-refractivity contribution in [1.82, 2.24) is 4.98 Å². The SMILES string of the molecule is CCOc1cc(NC(=O)c2csc(-c3ccsc3)n2)c(OCC)cc1NC(=O)c1ccccc1. The molecule has 2 heterocycles. The van der Waals surface area contributed by atoms with Crippen molar-refractivity contribution in [2.45, 2.75) is 13.8 Å². The molecule has 9 heteroatoms. The summed E-state index contributed by atoms with van der Waals surface area (Å²) in [7, 11) is 0. The number of thiophene rings is 1. The monoisotopic (exact) mass is 493 g/mol. The summed E-state index contributed by atoms with van der Waals surface area (Å²) in [6.45, 7) is 4.45. The van der Waals surface area contributed by atoms with Crippen molar-refractivity contribution < 1.29 is 19.1 Å². The Kier molecular flexibility index (Phi) is 7.56. The van der Waals surface area contributed by atoms with E-state index in [9.17, 15) is 9.59 Å². The number of carbonyl (C=O) groups excluding carboxylic acids is 2. The minimum atomic E-state index is -0.359. The molecule has 0 aliphatic carbocycles. The number of nitrogens with one attached hydrogen (secondary N) is 2. The highest BCUT2D eigenvalue weighted by molar-refractivity contribution is 7.14. The number of thiazole rings is 1. The smallest absolute Gasteiger partial charge is 0.275 e. The van der Waals surface area contributed by atoms with Crippen molar-refractivity contribution in [2.24, 2.45) is 0 Å². The van der Waals surface area contributed by atoms with Crippen LogP contribution in [0.15, 0.2) is 64.7 Å². The summed E-state index contributed by atoms with van der Waals surface area (Å²) in [4.78, 5) is 30.1. The molecular weight excluding hydrogens is 470 g/mol. The molecule has 2 aromatic carbocycles. The van der Waals surface area contributed by atoms with Crippen LogP contribution in [0.3, 0.4) is 0 Å². The molecule has 0 atom stereocenters. The molecule has 2 aromatic heterocycles. The summed E-state index contributed by atoms with van der Waals surface area (Å²) < 4.78 is 11.5. The lowest BCUT2D eigenvalue weighted by Gasteiger charge is -2.17. The molecule has 4 rings (SSSR count). The molecule has 7 nitrogen and oxygen atoms in total. The second-order valence-electron chi connectivity index (χ2n) is 7.03. The quantitative estimate of drug-likeness (QED) is 0.291. The van der Waals surface area contributed by atoms with Crippen LogP contribution in [-0.4, -0.2) is 30.0 Å². The first kappa shape index (κ1) is 23.5. The van der Waals surface area contributed by atoms with Crippen molar-refractivity contribution >= 4 is 45.9 Å². The van der Waals surface area contributed by atoms with Crippen LogP contribution in [0, 0.1) is 0 Å². The summed E-state index contributed by atoms with van der Waals surface area (Å²) in [5, 5.41) is 12.2. The highest BCUT2D eigenvalue weighted by Crippen LogP contribution is 2.37. The lowest BCUT2D eigenvalue weighted by atomic mass is 10.2. The second kappa shape index (κ2) is 11.0. The minimum Gasteiger partial charge on any atom is -0.492 e. The topological polar surface area (TPSA) is 89.6 Å². The van der Waals surface area contributed by atoms with E-state index >= 15 is 0 Å². The third-order valence-corrected chi connectivity index (χ3v) is 6.29. The number of ether oxygens (including phenoxy) is 2. The number of benzene rings is 2. The summed E-state index contributed by atoms with van der Waals surface area (Å²) >= 11 is 2.99. The van der Waals surface area contributed by atoms with E-state index in [-0.39, 0.29) is 11.8 Å². The highest BCUT2D eigenvalue weighted by Gasteiger charge is 2.19. The fourth-order valence-electron chi connectivity index (χ4n) is 3.17. The van der Waals surface area contributed by atoms with Gasteiger partial charge in [-0.05, 0) is 37.4 Å². The summed E-state index contributed by atoms with van der Waals surface area (Å²) in [5.41, 5.74) is 2.70. The highest BCUT2D eigenvalue weighted by atomic mass is 32.1. The maximum absolute atomic E-state index is 12.9. The van der Waals surface area contributed by atoms with Gasteiger partial charge in [0.2, 0.25) is 0 Å². The number of amides is 2. The summed E-state index contributed by atoms with van der Waals surface area (Å²) in [6, 6.07) is 14.2. The molecular formula is C25H23N3O4S2. The first-order valence-corrected chi connectivity index (χ1v) is 12.5. The zero-order chi connectivity index (χ0) is 23.9. The van der Waals surface area contributed by atoms with E-state index in [1.165, 1.54) is 11.3 Å². The molecule has 0 saturated heterocycles. The fourth-order valence-corrected chi connectivity index (χ4v) is 4.68. The summed E-state index contributed by atoms with van der Waals surface area (Å²) in [5.74, 6) is 0.199. The van der Waals surface area contributed by atoms with E-state index in [1.807, 2.05) is 36.7 Å². The van der Waals surface area contributed by atoms with Crippen molar-refractivity contribution in [1.29, 1.82) is 0 Å². The van der Waals surface area contributed by atoms with Crippen molar-refractivity contribution in [2.75, 3.05) is 23.8 Å². The van der Waals surface area contributed by atoms with Crippen LogP contribution in [0.25, 0.3) is 10.6 Å². The molecule has 0 bridgehead atoms. The van der Waals surface area contributed by atoms with Crippen LogP contribution in [0.1, 0.15) is 34.7 Å². The molecule has 4 aromatic rings. The van der Waals surface area contributed by atoms with E-state index in [0.29, 0.717) is 47.3 Å². The number of hydrogen-bond acceptors (Lipinski definition) is 7. The summed E-state index contributed by atoms with van der Waals surface area (Å²) in [6.07, 6.45) is 0. The van der Waals surface area contributed by atoms with Gasteiger partial charge in [-0.1, -0.05) is 18.2 Å². The van der Waals surface area contributed by atoms with E-state index in [2.05, 4.69) is 15.6 Å². The van der Waals surface area contributed by atoms with Crippen LogP contribution in [-0.2, 0) is 0 Å². The average molecular weight is 494 g/mol. The molecule has 0 fully saturated rings. The van der Waals surface area contributed by atoms with Gasteiger partial charge in [-0.15, -0.1) is 11.3 Å². The van der Waals surface area contributed by atoms with E-state index in [0.717, 1.165) is 10.6 Å². The first-order chi connectivity index (χ1) is 16.6. The molecule has 174 valence electrons. The van der Waals surface area contributed by atoms with Crippen molar-refractivity contribution in [3.63, 3.8) is 0 Å². The Bertz CT molecular complexity index is 1270. The van der Waals surface area contributed by atoms with Crippen LogP contribution < -0.4 is 20.1 Å². The third kappa shape index (κ3) is 5.44. The van der Waals surface area contributed by atoms with Crippen LogP contribution in [0.2, 0.25) is 0 Å². The van der Waals surface area contributed by atoms with Gasteiger partial charge in [-0.25, -0.2) is 4.98 Å². The van der Waals surface area contributed by atoms with Gasteiger partial charge < -0.3 is 20.1 Å². The second-order valence-corrected chi connectivity index (χ2v) is 8.67. The van der Waals surface area contributed by atoms with E-state index in [1.54, 1.807) is 53.1 Å². The fraction of sp³-hybridized carbons (Fsp3) is 0.160. The number of nitrogens with zero attached hydrogens (tertiary/aromatic N) is 1. The molecule has 2 amide bonds. The zero-order valence-electron chi connectivity index (χ0n) is 18.7. The Morgan fingerprint density at radius 1 is 0.882 bits per heavy atom. The Labute approximate surface area is 205 Å². The predicted molar refractivity (Wildman–Crippen MR) is 137 cm³/mol. The van der Waals surface area contributed by atoms with E-state index in [4.69, 9.17) is 9.47 Å². The first-order valence-electron chi connectivity index (χ1n) is 10.7. The third-order valence-electron chi connectivity index (χ3n) is 4.72. The molecule has 0 aliphatic heterocycles. The van der Waals surface area contributed by atoms with Gasteiger partial charge in [0.05, 0.1) is 24.6 Å². The Morgan fingerprint density at radius 3 is 2.12 bits per heavy atom. The van der Waals surface area contributed by atoms with Gasteiger partial charge in [0.1, 0.15) is 22.2 Å². The molecule has 0 aliphatic rings. The molecule has 0 radical (unpaired) electrons. The zero-order valence-corrected chi connectivity index (χ0v) is 20.3. The van der Waals surface area contributed by atoms with Gasteiger partial charge in [0, 0.05) is 34.0 Å². The Balaban J connectivity index is 1.60. The average Bonchev–Trinajstić information content (AvgIpc) is 3.55.